The number of likely N-dealkylation sites (tertiary alicyclic amines) is 1. The van der Waals surface area contributed by atoms with Crippen molar-refractivity contribution in [3.8, 4) is 0 Å². The Morgan fingerprint density at radius 3 is 2.81 bits per heavy atom. The second-order valence-electron chi connectivity index (χ2n) is 5.09. The van der Waals surface area contributed by atoms with Gasteiger partial charge in [-0.1, -0.05) is 11.6 Å². The summed E-state index contributed by atoms with van der Waals surface area (Å²) < 4.78 is 0.765. The van der Waals surface area contributed by atoms with Crippen LogP contribution >= 0.6 is 22.9 Å². The molecule has 2 heterocycles. The molecule has 4 heteroatoms. The Morgan fingerprint density at radius 1 is 1.50 bits per heavy atom. The summed E-state index contributed by atoms with van der Waals surface area (Å²) in [7, 11) is 0. The normalized spacial score (nSPS) is 35.8. The number of thiophene rings is 1. The molecule has 1 aliphatic heterocycles. The summed E-state index contributed by atoms with van der Waals surface area (Å²) in [5.41, 5.74) is -0.667. The molecule has 16 heavy (non-hydrogen) atoms. The minimum absolute atomic E-state index is 0.485. The van der Waals surface area contributed by atoms with Crippen LogP contribution in [0.5, 0.6) is 0 Å². The summed E-state index contributed by atoms with van der Waals surface area (Å²) in [5.74, 6) is 0. The maximum Gasteiger partial charge on any atom is 0.113 e. The minimum Gasteiger partial charge on any atom is -0.383 e. The first-order valence-electron chi connectivity index (χ1n) is 5.82. The molecule has 2 atom stereocenters. The SMILES string of the molecule is CC1CC(O)(c2ccc(Cl)s2)CN1C1CC1. The fourth-order valence-corrected chi connectivity index (χ4v) is 3.90. The molecule has 2 aliphatic rings. The zero-order valence-electron chi connectivity index (χ0n) is 9.32. The molecule has 0 amide bonds. The van der Waals surface area contributed by atoms with Crippen LogP contribution < -0.4 is 0 Å². The van der Waals surface area contributed by atoms with Crippen LogP contribution in [0.15, 0.2) is 12.1 Å². The van der Waals surface area contributed by atoms with Crippen molar-refractivity contribution in [2.45, 2.75) is 43.9 Å². The van der Waals surface area contributed by atoms with E-state index in [0.29, 0.717) is 6.04 Å². The van der Waals surface area contributed by atoms with Crippen molar-refractivity contribution in [3.63, 3.8) is 0 Å². The van der Waals surface area contributed by atoms with Gasteiger partial charge in [-0.25, -0.2) is 0 Å². The second-order valence-corrected chi connectivity index (χ2v) is 6.81. The number of aliphatic hydroxyl groups is 1. The van der Waals surface area contributed by atoms with Crippen LogP contribution in [0.4, 0.5) is 0 Å². The average molecular weight is 258 g/mol. The van der Waals surface area contributed by atoms with Gasteiger partial charge in [0.15, 0.2) is 0 Å². The molecule has 1 saturated carbocycles. The number of halogens is 1. The highest BCUT2D eigenvalue weighted by atomic mass is 35.5. The molecule has 3 rings (SSSR count). The lowest BCUT2D eigenvalue weighted by molar-refractivity contribution is 0.0488. The molecule has 0 spiro atoms. The predicted molar refractivity (Wildman–Crippen MR) is 67.0 cm³/mol. The Kier molecular flexibility index (Phi) is 2.55. The molecule has 2 unspecified atom stereocenters. The highest BCUT2D eigenvalue weighted by Crippen LogP contribution is 2.44. The lowest BCUT2D eigenvalue weighted by Gasteiger charge is -2.22. The van der Waals surface area contributed by atoms with E-state index in [1.54, 1.807) is 0 Å². The largest absolute Gasteiger partial charge is 0.383 e. The summed E-state index contributed by atoms with van der Waals surface area (Å²) in [5, 5.41) is 10.7. The van der Waals surface area contributed by atoms with Gasteiger partial charge >= 0.3 is 0 Å². The Bertz CT molecular complexity index is 403. The molecular weight excluding hydrogens is 242 g/mol. The maximum absolute atomic E-state index is 10.7. The van der Waals surface area contributed by atoms with Crippen molar-refractivity contribution in [2.75, 3.05) is 6.54 Å². The van der Waals surface area contributed by atoms with E-state index in [1.165, 1.54) is 24.2 Å². The fraction of sp³-hybridized carbons (Fsp3) is 0.667. The molecule has 2 nitrogen and oxygen atoms in total. The quantitative estimate of drug-likeness (QED) is 0.881. The third-order valence-electron chi connectivity index (χ3n) is 3.69. The first-order valence-corrected chi connectivity index (χ1v) is 7.02. The predicted octanol–water partition coefficient (Wildman–Crippen LogP) is 2.85. The minimum atomic E-state index is -0.667. The molecule has 1 aromatic rings. The summed E-state index contributed by atoms with van der Waals surface area (Å²) in [6.45, 7) is 2.99. The zero-order chi connectivity index (χ0) is 11.3. The number of nitrogens with zero attached hydrogens (tertiary/aromatic N) is 1. The van der Waals surface area contributed by atoms with Gasteiger partial charge in [0.1, 0.15) is 5.60 Å². The second kappa shape index (κ2) is 3.70. The number of hydrogen-bond acceptors (Lipinski definition) is 3. The Balaban J connectivity index is 1.84. The first kappa shape index (κ1) is 11.0. The summed E-state index contributed by atoms with van der Waals surface area (Å²) in [6, 6.07) is 5.05. The summed E-state index contributed by atoms with van der Waals surface area (Å²) in [4.78, 5) is 3.47. The molecule has 1 N–H and O–H groups in total. The van der Waals surface area contributed by atoms with Gasteiger partial charge in [0, 0.05) is 23.5 Å². The van der Waals surface area contributed by atoms with Crippen molar-refractivity contribution >= 4 is 22.9 Å². The molecule has 1 aliphatic carbocycles. The van der Waals surface area contributed by atoms with Crippen LogP contribution in [0, 0.1) is 0 Å². The smallest absolute Gasteiger partial charge is 0.113 e. The fourth-order valence-electron chi connectivity index (χ4n) is 2.77. The van der Waals surface area contributed by atoms with Gasteiger partial charge in [-0.2, -0.15) is 0 Å². The first-order chi connectivity index (χ1) is 7.58. The van der Waals surface area contributed by atoms with E-state index in [0.717, 1.165) is 28.2 Å². The average Bonchev–Trinajstić information content (AvgIpc) is 2.89. The lowest BCUT2D eigenvalue weighted by Crippen LogP contribution is -2.32. The van der Waals surface area contributed by atoms with Crippen LogP contribution in [-0.2, 0) is 5.60 Å². The van der Waals surface area contributed by atoms with Crippen molar-refractivity contribution in [3.05, 3.63) is 21.3 Å². The van der Waals surface area contributed by atoms with E-state index in [1.807, 2.05) is 12.1 Å². The Morgan fingerprint density at radius 2 is 2.25 bits per heavy atom. The number of β-amino-alcohol motifs (C(OH)–C–C–N with tert-alkyl or cyclic N) is 1. The van der Waals surface area contributed by atoms with E-state index in [-0.39, 0.29) is 0 Å². The van der Waals surface area contributed by atoms with Crippen molar-refractivity contribution in [1.82, 2.24) is 4.90 Å². The van der Waals surface area contributed by atoms with E-state index in [9.17, 15) is 5.11 Å². The molecule has 1 saturated heterocycles. The molecule has 0 bridgehead atoms. The van der Waals surface area contributed by atoms with Gasteiger partial charge in [0.05, 0.1) is 4.34 Å². The standard InChI is InChI=1S/C12H16ClNOS/c1-8-6-12(15,7-14(8)9-2-3-9)10-4-5-11(13)16-10/h4-5,8-9,15H,2-3,6-7H2,1H3. The molecule has 2 fully saturated rings. The molecule has 0 aromatic carbocycles. The van der Waals surface area contributed by atoms with Gasteiger partial charge in [0.25, 0.3) is 0 Å². The molecule has 1 aromatic heterocycles. The molecule has 0 radical (unpaired) electrons. The third kappa shape index (κ3) is 1.80. The topological polar surface area (TPSA) is 23.5 Å². The van der Waals surface area contributed by atoms with Crippen molar-refractivity contribution in [2.24, 2.45) is 0 Å². The zero-order valence-corrected chi connectivity index (χ0v) is 10.9. The van der Waals surface area contributed by atoms with E-state index < -0.39 is 5.60 Å². The summed E-state index contributed by atoms with van der Waals surface area (Å²) in [6.07, 6.45) is 3.43. The number of hydrogen-bond donors (Lipinski definition) is 1. The van der Waals surface area contributed by atoms with Gasteiger partial charge in [-0.3, -0.25) is 4.90 Å². The van der Waals surface area contributed by atoms with Gasteiger partial charge in [-0.05, 0) is 38.3 Å². The lowest BCUT2D eigenvalue weighted by atomic mass is 9.99. The summed E-state index contributed by atoms with van der Waals surface area (Å²) >= 11 is 7.45. The number of rotatable bonds is 2. The van der Waals surface area contributed by atoms with Crippen LogP contribution in [0.1, 0.15) is 31.1 Å². The highest BCUT2D eigenvalue weighted by Gasteiger charge is 2.47. The molecule has 88 valence electrons. The van der Waals surface area contributed by atoms with Crippen LogP contribution in [0.25, 0.3) is 0 Å². The Hall–Kier alpha value is -0.0900. The van der Waals surface area contributed by atoms with E-state index in [2.05, 4.69) is 11.8 Å². The molecular formula is C12H16ClNOS. The highest BCUT2D eigenvalue weighted by molar-refractivity contribution is 7.16. The van der Waals surface area contributed by atoms with E-state index in [4.69, 9.17) is 11.6 Å². The van der Waals surface area contributed by atoms with Crippen molar-refractivity contribution < 1.29 is 5.11 Å². The van der Waals surface area contributed by atoms with Crippen LogP contribution in [0.3, 0.4) is 0 Å². The van der Waals surface area contributed by atoms with Gasteiger partial charge in [0.2, 0.25) is 0 Å². The van der Waals surface area contributed by atoms with Gasteiger partial charge in [-0.15, -0.1) is 11.3 Å². The van der Waals surface area contributed by atoms with Crippen LogP contribution in [-0.4, -0.2) is 28.6 Å². The third-order valence-corrected chi connectivity index (χ3v) is 5.12. The van der Waals surface area contributed by atoms with E-state index >= 15 is 0 Å². The Labute approximate surface area is 105 Å². The van der Waals surface area contributed by atoms with Crippen LogP contribution in [0.2, 0.25) is 4.34 Å². The van der Waals surface area contributed by atoms with Gasteiger partial charge < -0.3 is 5.11 Å². The monoisotopic (exact) mass is 257 g/mol. The van der Waals surface area contributed by atoms with Crippen molar-refractivity contribution in [1.29, 1.82) is 0 Å². The maximum atomic E-state index is 10.7.